The number of hydrogen-bond donors (Lipinski definition) is 2. The number of nitrogens with zero attached hydrogens (tertiary/aromatic N) is 4. The van der Waals surface area contributed by atoms with Crippen LogP contribution in [0.15, 0.2) is 53.1 Å². The molecule has 1 fully saturated rings. The molecule has 0 radical (unpaired) electrons. The van der Waals surface area contributed by atoms with Gasteiger partial charge in [-0.25, -0.2) is 4.98 Å². The Morgan fingerprint density at radius 3 is 2.83 bits per heavy atom. The van der Waals surface area contributed by atoms with E-state index in [2.05, 4.69) is 45.2 Å². The number of ether oxygens (including phenoxy) is 1. The molecule has 5 rings (SSSR count). The molecule has 4 heterocycles. The molecule has 1 aliphatic rings. The van der Waals surface area contributed by atoms with Crippen molar-refractivity contribution in [2.24, 2.45) is 5.73 Å². The number of epoxide rings is 1. The number of anilines is 1. The lowest BCUT2D eigenvalue weighted by atomic mass is 10.1. The lowest BCUT2D eigenvalue weighted by Crippen LogP contribution is -2.08. The Bertz CT molecular complexity index is 1140. The third-order valence-corrected chi connectivity index (χ3v) is 5.30. The number of fused-ring (bicyclic) bond motifs is 1. The van der Waals surface area contributed by atoms with Crippen molar-refractivity contribution in [3.8, 4) is 11.5 Å². The summed E-state index contributed by atoms with van der Waals surface area (Å²) in [6.45, 7) is 3.70. The van der Waals surface area contributed by atoms with Gasteiger partial charge in [-0.3, -0.25) is 0 Å². The van der Waals surface area contributed by atoms with Gasteiger partial charge in [0.15, 0.2) is 17.8 Å². The number of hydrogen-bond acceptors (Lipinski definition) is 7. The molecule has 1 aromatic carbocycles. The van der Waals surface area contributed by atoms with Gasteiger partial charge in [-0.2, -0.15) is 0 Å². The predicted molar refractivity (Wildman–Crippen MR) is 114 cm³/mol. The molecule has 0 aliphatic carbocycles. The van der Waals surface area contributed by atoms with Crippen LogP contribution in [0.4, 0.5) is 5.82 Å². The smallest absolute Gasteiger partial charge is 0.160 e. The highest BCUT2D eigenvalue weighted by Crippen LogP contribution is 2.39. The highest BCUT2D eigenvalue weighted by molar-refractivity contribution is 5.77. The fourth-order valence-electron chi connectivity index (χ4n) is 3.73. The van der Waals surface area contributed by atoms with Crippen molar-refractivity contribution >= 4 is 16.9 Å². The molecule has 3 aromatic heterocycles. The maximum Gasteiger partial charge on any atom is 0.160 e. The molecule has 3 N–H and O–H groups in total. The predicted octanol–water partition coefficient (Wildman–Crippen LogP) is 3.51. The molecule has 1 saturated heterocycles. The van der Waals surface area contributed by atoms with E-state index in [1.165, 1.54) is 0 Å². The van der Waals surface area contributed by atoms with Crippen LogP contribution in [0.5, 0.6) is 0 Å². The lowest BCUT2D eigenvalue weighted by Gasteiger charge is -2.07. The van der Waals surface area contributed by atoms with E-state index in [1.807, 2.05) is 24.3 Å². The zero-order valence-electron chi connectivity index (χ0n) is 16.8. The second-order valence-corrected chi connectivity index (χ2v) is 7.33. The largest absolute Gasteiger partial charge is 0.463 e. The first-order valence-corrected chi connectivity index (χ1v) is 10.3. The number of benzene rings is 1. The van der Waals surface area contributed by atoms with Gasteiger partial charge in [0.1, 0.15) is 17.6 Å². The van der Waals surface area contributed by atoms with Crippen LogP contribution in [0.3, 0.4) is 0 Å². The van der Waals surface area contributed by atoms with Crippen molar-refractivity contribution in [1.29, 1.82) is 0 Å². The summed E-state index contributed by atoms with van der Waals surface area (Å²) in [5, 5.41) is 11.7. The van der Waals surface area contributed by atoms with Crippen LogP contribution in [-0.4, -0.2) is 32.5 Å². The van der Waals surface area contributed by atoms with E-state index in [0.29, 0.717) is 23.8 Å². The SMILES string of the molecule is CCc1nc2cc(C3OC3Nc3ccc(-c4ccco4)nn3)ccc2n1CCCN. The van der Waals surface area contributed by atoms with Crippen molar-refractivity contribution < 1.29 is 9.15 Å². The van der Waals surface area contributed by atoms with Gasteiger partial charge in [0.2, 0.25) is 0 Å². The van der Waals surface area contributed by atoms with Gasteiger partial charge >= 0.3 is 0 Å². The summed E-state index contributed by atoms with van der Waals surface area (Å²) in [5.41, 5.74) is 9.64. The van der Waals surface area contributed by atoms with E-state index < -0.39 is 0 Å². The monoisotopic (exact) mass is 404 g/mol. The second-order valence-electron chi connectivity index (χ2n) is 7.33. The van der Waals surface area contributed by atoms with Gasteiger partial charge in [-0.05, 0) is 54.9 Å². The van der Waals surface area contributed by atoms with Crippen molar-refractivity contribution in [1.82, 2.24) is 19.7 Å². The van der Waals surface area contributed by atoms with Crippen LogP contribution >= 0.6 is 0 Å². The zero-order valence-corrected chi connectivity index (χ0v) is 16.8. The molecular weight excluding hydrogens is 380 g/mol. The number of furan rings is 1. The number of imidazole rings is 1. The Balaban J connectivity index is 1.29. The molecule has 30 heavy (non-hydrogen) atoms. The zero-order chi connectivity index (χ0) is 20.5. The van der Waals surface area contributed by atoms with Crippen molar-refractivity contribution in [2.45, 2.75) is 38.6 Å². The van der Waals surface area contributed by atoms with Gasteiger partial charge in [-0.1, -0.05) is 13.0 Å². The van der Waals surface area contributed by atoms with Gasteiger partial charge in [0.25, 0.3) is 0 Å². The van der Waals surface area contributed by atoms with E-state index >= 15 is 0 Å². The van der Waals surface area contributed by atoms with Gasteiger partial charge in [0, 0.05) is 13.0 Å². The van der Waals surface area contributed by atoms with Crippen molar-refractivity contribution in [2.75, 3.05) is 11.9 Å². The van der Waals surface area contributed by atoms with Gasteiger partial charge in [0.05, 0.1) is 17.3 Å². The van der Waals surface area contributed by atoms with Crippen LogP contribution in [0.1, 0.15) is 30.8 Å². The molecule has 154 valence electrons. The molecule has 0 saturated carbocycles. The standard InChI is InChI=1S/C22H24N6O2/c1-2-20-24-16-13-14(6-8-17(16)28(20)11-4-10-23)21-22(30-21)25-19-9-7-15(26-27-19)18-5-3-12-29-18/h3,5-9,12-13,21-22H,2,4,10-11,23H2,1H3,(H,25,27). The maximum atomic E-state index is 5.84. The summed E-state index contributed by atoms with van der Waals surface area (Å²) in [6, 6.07) is 13.8. The Kier molecular flexibility index (Phi) is 4.94. The maximum absolute atomic E-state index is 5.84. The first kappa shape index (κ1) is 18.8. The molecule has 0 spiro atoms. The van der Waals surface area contributed by atoms with E-state index in [-0.39, 0.29) is 12.3 Å². The Labute approximate surface area is 174 Å². The van der Waals surface area contributed by atoms with E-state index in [9.17, 15) is 0 Å². The minimum absolute atomic E-state index is 0.0276. The summed E-state index contributed by atoms with van der Waals surface area (Å²) >= 11 is 0. The summed E-state index contributed by atoms with van der Waals surface area (Å²) in [5.74, 6) is 2.45. The molecule has 2 atom stereocenters. The fraction of sp³-hybridized carbons (Fsp3) is 0.318. The van der Waals surface area contributed by atoms with Crippen LogP contribution in [0, 0.1) is 0 Å². The average Bonchev–Trinajstić information content (AvgIpc) is 3.18. The Morgan fingerprint density at radius 1 is 1.17 bits per heavy atom. The topological polar surface area (TPSA) is 107 Å². The first-order valence-electron chi connectivity index (χ1n) is 10.3. The van der Waals surface area contributed by atoms with Crippen molar-refractivity contribution in [3.05, 3.63) is 60.1 Å². The van der Waals surface area contributed by atoms with Crippen LogP contribution in [0.25, 0.3) is 22.5 Å². The fourth-order valence-corrected chi connectivity index (χ4v) is 3.73. The quantitative estimate of drug-likeness (QED) is 0.433. The summed E-state index contributed by atoms with van der Waals surface area (Å²) in [4.78, 5) is 4.81. The molecule has 1 aliphatic heterocycles. The average molecular weight is 404 g/mol. The second kappa shape index (κ2) is 7.89. The third-order valence-electron chi connectivity index (χ3n) is 5.30. The van der Waals surface area contributed by atoms with Gasteiger partial charge in [-0.15, -0.1) is 10.2 Å². The summed E-state index contributed by atoms with van der Waals surface area (Å²) in [7, 11) is 0. The van der Waals surface area contributed by atoms with Crippen LogP contribution in [-0.2, 0) is 17.7 Å². The molecule has 8 nitrogen and oxygen atoms in total. The van der Waals surface area contributed by atoms with E-state index in [4.69, 9.17) is 19.9 Å². The highest BCUT2D eigenvalue weighted by Gasteiger charge is 2.41. The Morgan fingerprint density at radius 2 is 2.10 bits per heavy atom. The van der Waals surface area contributed by atoms with Crippen LogP contribution < -0.4 is 11.1 Å². The number of rotatable bonds is 8. The summed E-state index contributed by atoms with van der Waals surface area (Å²) < 4.78 is 13.4. The molecule has 0 bridgehead atoms. The normalized spacial score (nSPS) is 18.1. The number of aryl methyl sites for hydroxylation is 2. The van der Waals surface area contributed by atoms with E-state index in [0.717, 1.165) is 41.8 Å². The number of nitrogens with one attached hydrogen (secondary N) is 1. The third kappa shape index (κ3) is 3.55. The molecular formula is C22H24N6O2. The minimum atomic E-state index is -0.129. The lowest BCUT2D eigenvalue weighted by molar-refractivity contribution is 0.386. The first-order chi connectivity index (χ1) is 14.8. The molecule has 0 amide bonds. The van der Waals surface area contributed by atoms with Crippen molar-refractivity contribution in [3.63, 3.8) is 0 Å². The summed E-state index contributed by atoms with van der Waals surface area (Å²) in [6.07, 6.45) is 3.30. The highest BCUT2D eigenvalue weighted by atomic mass is 16.6. The molecule has 2 unspecified atom stereocenters. The minimum Gasteiger partial charge on any atom is -0.463 e. The number of nitrogens with two attached hydrogens (primary N) is 1. The van der Waals surface area contributed by atoms with Crippen LogP contribution in [0.2, 0.25) is 0 Å². The molecule has 4 aromatic rings. The van der Waals surface area contributed by atoms with Gasteiger partial charge < -0.3 is 24.8 Å². The number of aromatic nitrogens is 4. The van der Waals surface area contributed by atoms with E-state index in [1.54, 1.807) is 6.26 Å². The molecule has 8 heteroatoms. The Hall–Kier alpha value is -3.23.